The van der Waals surface area contributed by atoms with Gasteiger partial charge < -0.3 is 15.3 Å². The van der Waals surface area contributed by atoms with Crippen molar-refractivity contribution in [3.05, 3.63) is 12.7 Å². The fraction of sp³-hybridized carbons (Fsp3) is 0.625. The number of rotatable bonds is 2. The van der Waals surface area contributed by atoms with Gasteiger partial charge in [-0.25, -0.2) is 4.79 Å². The molecule has 0 radical (unpaired) electrons. The van der Waals surface area contributed by atoms with Crippen LogP contribution in [0.3, 0.4) is 0 Å². The quantitative estimate of drug-likeness (QED) is 0.532. The van der Waals surface area contributed by atoms with Crippen LogP contribution in [0, 0.1) is 0 Å². The third-order valence-corrected chi connectivity index (χ3v) is 1.20. The maximum Gasteiger partial charge on any atom is 0.327 e. The zero-order chi connectivity index (χ0) is 10.4. The highest BCUT2D eigenvalue weighted by Gasteiger charge is 2.18. The van der Waals surface area contributed by atoms with E-state index in [-0.39, 0.29) is 0 Å². The van der Waals surface area contributed by atoms with E-state index >= 15 is 0 Å². The number of carboxylic acid groups (broad SMARTS) is 1. The molecule has 0 aliphatic heterocycles. The van der Waals surface area contributed by atoms with Crippen LogP contribution < -0.4 is 0 Å². The summed E-state index contributed by atoms with van der Waals surface area (Å²) in [6.45, 7) is 7.65. The van der Waals surface area contributed by atoms with Gasteiger partial charge in [0, 0.05) is 6.08 Å². The number of hydrogen-bond donors (Lipinski definition) is 3. The number of carboxylic acids is 1. The number of aliphatic hydroxyl groups excluding tert-OH is 1. The van der Waals surface area contributed by atoms with Crippen LogP contribution >= 0.6 is 0 Å². The molecule has 0 fully saturated rings. The average molecular weight is 176 g/mol. The lowest BCUT2D eigenvalue weighted by Gasteiger charge is -2.19. The summed E-state index contributed by atoms with van der Waals surface area (Å²) in [6, 6.07) is 0. The minimum absolute atomic E-state index is 0.646. The van der Waals surface area contributed by atoms with Crippen LogP contribution in [0.2, 0.25) is 0 Å². The number of hydrogen-bond acceptors (Lipinski definition) is 3. The second-order valence-corrected chi connectivity index (χ2v) is 2.87. The zero-order valence-electron chi connectivity index (χ0n) is 7.61. The van der Waals surface area contributed by atoms with Crippen molar-refractivity contribution in [2.45, 2.75) is 32.5 Å². The molecule has 0 saturated carbocycles. The second-order valence-electron chi connectivity index (χ2n) is 2.87. The predicted molar refractivity (Wildman–Crippen MR) is 45.8 cm³/mol. The Kier molecular flexibility index (Phi) is 6.55. The highest BCUT2D eigenvalue weighted by Crippen LogP contribution is 2.05. The summed E-state index contributed by atoms with van der Waals surface area (Å²) in [6.07, 6.45) is 0.187. The van der Waals surface area contributed by atoms with Gasteiger partial charge in [0.05, 0.1) is 11.7 Å². The van der Waals surface area contributed by atoms with Crippen molar-refractivity contribution in [3.8, 4) is 0 Å². The van der Waals surface area contributed by atoms with Gasteiger partial charge in [-0.05, 0) is 20.8 Å². The lowest BCUT2D eigenvalue weighted by Crippen LogP contribution is -2.32. The van der Waals surface area contributed by atoms with Gasteiger partial charge in [-0.15, -0.1) is 0 Å². The zero-order valence-corrected chi connectivity index (χ0v) is 7.61. The fourth-order valence-corrected chi connectivity index (χ4v) is 0. The van der Waals surface area contributed by atoms with E-state index in [0.29, 0.717) is 0 Å². The maximum atomic E-state index is 9.25. The van der Waals surface area contributed by atoms with Crippen molar-refractivity contribution in [2.24, 2.45) is 0 Å². The van der Waals surface area contributed by atoms with Gasteiger partial charge in [-0.1, -0.05) is 6.58 Å². The highest BCUT2D eigenvalue weighted by atomic mass is 16.4. The number of carbonyl (C=O) groups is 1. The average Bonchev–Trinajstić information content (AvgIpc) is 1.87. The molecule has 1 unspecified atom stereocenters. The van der Waals surface area contributed by atoms with E-state index in [1.54, 1.807) is 20.8 Å². The minimum Gasteiger partial charge on any atom is -0.478 e. The molecule has 4 nitrogen and oxygen atoms in total. The molecule has 0 saturated heterocycles. The van der Waals surface area contributed by atoms with Crippen LogP contribution in [0.5, 0.6) is 0 Å². The second kappa shape index (κ2) is 5.74. The van der Waals surface area contributed by atoms with E-state index in [1.165, 1.54) is 0 Å². The van der Waals surface area contributed by atoms with E-state index in [9.17, 15) is 4.79 Å². The molecule has 0 aliphatic rings. The van der Waals surface area contributed by atoms with E-state index in [1.807, 2.05) is 0 Å². The Morgan fingerprint density at radius 1 is 1.58 bits per heavy atom. The van der Waals surface area contributed by atoms with Crippen LogP contribution in [-0.2, 0) is 4.79 Å². The Balaban J connectivity index is 0. The van der Waals surface area contributed by atoms with Crippen molar-refractivity contribution in [1.29, 1.82) is 0 Å². The van der Waals surface area contributed by atoms with E-state index in [0.717, 1.165) is 6.08 Å². The molecule has 0 aromatic carbocycles. The third kappa shape index (κ3) is 11.9. The smallest absolute Gasteiger partial charge is 0.327 e. The molecule has 0 heterocycles. The lowest BCUT2D eigenvalue weighted by molar-refractivity contribution is -0.131. The molecule has 0 aliphatic carbocycles. The molecule has 3 N–H and O–H groups in total. The summed E-state index contributed by atoms with van der Waals surface area (Å²) < 4.78 is 0. The van der Waals surface area contributed by atoms with E-state index in [4.69, 9.17) is 15.3 Å². The molecule has 0 bridgehead atoms. The van der Waals surface area contributed by atoms with Crippen LogP contribution in [0.15, 0.2) is 12.7 Å². The Hall–Kier alpha value is -0.870. The van der Waals surface area contributed by atoms with Crippen molar-refractivity contribution in [2.75, 3.05) is 0 Å². The first-order chi connectivity index (χ1) is 5.21. The summed E-state index contributed by atoms with van der Waals surface area (Å²) >= 11 is 0. The molecule has 0 rings (SSSR count). The number of aliphatic hydroxyl groups is 2. The molecule has 0 amide bonds. The first-order valence-electron chi connectivity index (χ1n) is 3.47. The summed E-state index contributed by atoms with van der Waals surface area (Å²) in [7, 11) is 0. The molecule has 1 atom stereocenters. The third-order valence-electron chi connectivity index (χ3n) is 1.20. The Morgan fingerprint density at radius 2 is 1.75 bits per heavy atom. The van der Waals surface area contributed by atoms with Gasteiger partial charge >= 0.3 is 5.97 Å². The summed E-state index contributed by atoms with van der Waals surface area (Å²) in [5, 5.41) is 25.1. The van der Waals surface area contributed by atoms with Gasteiger partial charge in [0.2, 0.25) is 0 Å². The predicted octanol–water partition coefficient (Wildman–Crippen LogP) is 0.395. The molecule has 4 heteroatoms. The lowest BCUT2D eigenvalue weighted by atomic mass is 10.0. The van der Waals surface area contributed by atoms with Gasteiger partial charge in [0.1, 0.15) is 0 Å². The Bertz CT molecular complexity index is 144. The van der Waals surface area contributed by atoms with Crippen LogP contribution in [0.25, 0.3) is 0 Å². The van der Waals surface area contributed by atoms with Crippen LogP contribution in [0.1, 0.15) is 20.8 Å². The Labute approximate surface area is 72.2 Å². The topological polar surface area (TPSA) is 77.8 Å². The van der Waals surface area contributed by atoms with Gasteiger partial charge in [-0.3, -0.25) is 0 Å². The fourth-order valence-electron chi connectivity index (χ4n) is 0. The standard InChI is InChI=1S/C5H12O2.C3H4O2/c1-4(6)5(2,3)7;1-2-3(4)5/h4,6-7H,1-3H3;2H,1H2,(H,4,5). The first kappa shape index (κ1) is 13.7. The van der Waals surface area contributed by atoms with Crippen molar-refractivity contribution in [3.63, 3.8) is 0 Å². The van der Waals surface area contributed by atoms with Gasteiger partial charge in [0.15, 0.2) is 0 Å². The normalized spacial score (nSPS) is 12.4. The summed E-state index contributed by atoms with van der Waals surface area (Å²) in [5.41, 5.74) is -0.944. The van der Waals surface area contributed by atoms with E-state index < -0.39 is 17.7 Å². The summed E-state index contributed by atoms with van der Waals surface area (Å²) in [4.78, 5) is 9.25. The Morgan fingerprint density at radius 3 is 1.75 bits per heavy atom. The van der Waals surface area contributed by atoms with Crippen molar-refractivity contribution < 1.29 is 20.1 Å². The first-order valence-corrected chi connectivity index (χ1v) is 3.47. The molecular formula is C8H16O4. The summed E-state index contributed by atoms with van der Waals surface area (Å²) in [5.74, 6) is -0.981. The van der Waals surface area contributed by atoms with Gasteiger partial charge in [-0.2, -0.15) is 0 Å². The minimum atomic E-state index is -0.981. The van der Waals surface area contributed by atoms with Crippen molar-refractivity contribution in [1.82, 2.24) is 0 Å². The number of aliphatic carboxylic acids is 1. The molecule has 0 aromatic heterocycles. The highest BCUT2D eigenvalue weighted by molar-refractivity contribution is 5.78. The molecule has 0 aromatic rings. The van der Waals surface area contributed by atoms with Crippen LogP contribution in [-0.4, -0.2) is 33.0 Å². The monoisotopic (exact) mass is 176 g/mol. The molecular weight excluding hydrogens is 160 g/mol. The largest absolute Gasteiger partial charge is 0.478 e. The van der Waals surface area contributed by atoms with Gasteiger partial charge in [0.25, 0.3) is 0 Å². The van der Waals surface area contributed by atoms with Crippen LogP contribution in [0.4, 0.5) is 0 Å². The molecule has 72 valence electrons. The van der Waals surface area contributed by atoms with Crippen molar-refractivity contribution >= 4 is 5.97 Å². The van der Waals surface area contributed by atoms with E-state index in [2.05, 4.69) is 6.58 Å². The molecule has 0 spiro atoms. The molecule has 12 heavy (non-hydrogen) atoms. The maximum absolute atomic E-state index is 9.25. The SMILES string of the molecule is C=CC(=O)O.CC(O)C(C)(C)O.